The number of aromatic nitrogens is 1. The van der Waals surface area contributed by atoms with Gasteiger partial charge in [-0.3, -0.25) is 14.5 Å². The quantitative estimate of drug-likeness (QED) is 0.495. The summed E-state index contributed by atoms with van der Waals surface area (Å²) in [5, 5.41) is 0. The van der Waals surface area contributed by atoms with E-state index in [1.165, 1.54) is 12.1 Å². The number of nitrogens with zero attached hydrogens (tertiary/aromatic N) is 2. The van der Waals surface area contributed by atoms with E-state index in [1.54, 1.807) is 12.4 Å². The van der Waals surface area contributed by atoms with Crippen LogP contribution in [0, 0.1) is 0 Å². The van der Waals surface area contributed by atoms with Crippen LogP contribution in [0.15, 0.2) is 46.4 Å². The van der Waals surface area contributed by atoms with E-state index in [9.17, 15) is 13.0 Å². The Hall–Kier alpha value is -1.05. The maximum atomic E-state index is 11.6. The van der Waals surface area contributed by atoms with Crippen molar-refractivity contribution in [1.82, 2.24) is 4.98 Å². The van der Waals surface area contributed by atoms with Gasteiger partial charge < -0.3 is 0 Å². The number of benzene rings is 1. The molecular formula is C18H23N2NaO3S. The molecule has 0 aliphatic heterocycles. The fraction of sp³-hybridized carbons (Fsp3) is 0.333. The van der Waals surface area contributed by atoms with Crippen molar-refractivity contribution in [1.29, 1.82) is 0 Å². The monoisotopic (exact) mass is 370 g/mol. The molecule has 2 rings (SSSR count). The van der Waals surface area contributed by atoms with E-state index in [2.05, 4.69) is 9.98 Å². The molecule has 0 unspecified atom stereocenters. The molecule has 5 nitrogen and oxygen atoms in total. The molecule has 1 heterocycles. The van der Waals surface area contributed by atoms with Crippen LogP contribution in [0.3, 0.4) is 0 Å². The van der Waals surface area contributed by atoms with Gasteiger partial charge in [0.2, 0.25) is 0 Å². The van der Waals surface area contributed by atoms with Crippen LogP contribution in [0.4, 0.5) is 5.69 Å². The van der Waals surface area contributed by atoms with Crippen molar-refractivity contribution in [2.24, 2.45) is 4.99 Å². The number of rotatable bonds is 5. The van der Waals surface area contributed by atoms with E-state index >= 15 is 0 Å². The van der Waals surface area contributed by atoms with Crippen molar-refractivity contribution in [2.75, 3.05) is 0 Å². The van der Waals surface area contributed by atoms with Gasteiger partial charge in [-0.05, 0) is 47.2 Å². The van der Waals surface area contributed by atoms with Crippen molar-refractivity contribution in [2.45, 2.75) is 44.4 Å². The summed E-state index contributed by atoms with van der Waals surface area (Å²) in [4.78, 5) is 8.70. The van der Waals surface area contributed by atoms with Gasteiger partial charge in [0.05, 0.1) is 22.5 Å². The molecular weight excluding hydrogens is 347 g/mol. The molecule has 0 aliphatic carbocycles. The number of aliphatic imine (C=N–C) groups is 1. The first-order valence-corrected chi connectivity index (χ1v) is 9.24. The molecule has 0 amide bonds. The topological polar surface area (TPSA) is 79.6 Å². The molecule has 0 fully saturated rings. The van der Waals surface area contributed by atoms with Gasteiger partial charge in [0.1, 0.15) is 0 Å². The molecule has 0 saturated carbocycles. The molecule has 0 atom stereocenters. The van der Waals surface area contributed by atoms with Gasteiger partial charge in [0, 0.05) is 6.20 Å². The predicted octanol–water partition coefficient (Wildman–Crippen LogP) is 3.68. The van der Waals surface area contributed by atoms with E-state index in [-0.39, 0.29) is 46.3 Å². The first kappa shape index (κ1) is 22.0. The molecule has 1 aromatic carbocycles. The molecule has 0 bridgehead atoms. The summed E-state index contributed by atoms with van der Waals surface area (Å²) in [5.41, 5.74) is 3.01. The molecule has 1 N–H and O–H groups in total. The third kappa shape index (κ3) is 5.72. The van der Waals surface area contributed by atoms with Crippen LogP contribution < -0.4 is 0 Å². The summed E-state index contributed by atoms with van der Waals surface area (Å²) in [6, 6.07) is 8.55. The van der Waals surface area contributed by atoms with E-state index in [4.69, 9.17) is 0 Å². The third-order valence-corrected chi connectivity index (χ3v) is 4.53. The molecule has 0 aliphatic rings. The first-order valence-electron chi connectivity index (χ1n) is 7.80. The predicted molar refractivity (Wildman–Crippen MR) is 103 cm³/mol. The van der Waals surface area contributed by atoms with Crippen LogP contribution in [0.5, 0.6) is 0 Å². The Morgan fingerprint density at radius 2 is 1.64 bits per heavy atom. The van der Waals surface area contributed by atoms with Crippen LogP contribution in [-0.2, 0) is 10.1 Å². The first-order chi connectivity index (χ1) is 11.2. The SMILES string of the molecule is CC(C)c1cc(S(=O)(=O)O)cc(C(C)C)c1N=Cc1ccccn1.[NaH]. The third-order valence-electron chi connectivity index (χ3n) is 3.70. The zero-order valence-corrected chi connectivity index (χ0v) is 15.1. The van der Waals surface area contributed by atoms with Gasteiger partial charge in [-0.2, -0.15) is 8.42 Å². The van der Waals surface area contributed by atoms with Crippen LogP contribution in [0.1, 0.15) is 56.4 Å². The van der Waals surface area contributed by atoms with Gasteiger partial charge in [-0.1, -0.05) is 33.8 Å². The molecule has 25 heavy (non-hydrogen) atoms. The van der Waals surface area contributed by atoms with Gasteiger partial charge in [-0.15, -0.1) is 0 Å². The van der Waals surface area contributed by atoms with Gasteiger partial charge in [0.25, 0.3) is 10.1 Å². The zero-order valence-electron chi connectivity index (χ0n) is 14.3. The minimum absolute atomic E-state index is 0. The van der Waals surface area contributed by atoms with Crippen LogP contribution in [-0.4, -0.2) is 53.7 Å². The van der Waals surface area contributed by atoms with Crippen molar-refractivity contribution in [3.8, 4) is 0 Å². The van der Waals surface area contributed by atoms with Crippen LogP contribution >= 0.6 is 0 Å². The Morgan fingerprint density at radius 3 is 2.04 bits per heavy atom. The number of hydrogen-bond acceptors (Lipinski definition) is 4. The number of hydrogen-bond donors (Lipinski definition) is 1. The normalized spacial score (nSPS) is 12.0. The van der Waals surface area contributed by atoms with Gasteiger partial charge in [0.15, 0.2) is 0 Å². The average molecular weight is 370 g/mol. The van der Waals surface area contributed by atoms with Gasteiger partial charge in [-0.25, -0.2) is 0 Å². The summed E-state index contributed by atoms with van der Waals surface area (Å²) in [5.74, 6) is 0.111. The Morgan fingerprint density at radius 1 is 1.08 bits per heavy atom. The molecule has 130 valence electrons. The second-order valence-corrected chi connectivity index (χ2v) is 7.67. The second kappa shape index (κ2) is 9.05. The summed E-state index contributed by atoms with van der Waals surface area (Å²) < 4.78 is 32.6. The van der Waals surface area contributed by atoms with Crippen molar-refractivity contribution in [3.05, 3.63) is 53.3 Å². The Bertz CT molecular complexity index is 819. The van der Waals surface area contributed by atoms with E-state index in [0.29, 0.717) is 0 Å². The Labute approximate surface area is 171 Å². The van der Waals surface area contributed by atoms with E-state index < -0.39 is 10.1 Å². The summed E-state index contributed by atoms with van der Waals surface area (Å²) >= 11 is 0. The van der Waals surface area contributed by atoms with Crippen molar-refractivity contribution >= 4 is 51.6 Å². The maximum absolute atomic E-state index is 11.6. The Balaban J connectivity index is 0.00000312. The Kier molecular flexibility index (Phi) is 7.96. The van der Waals surface area contributed by atoms with Crippen LogP contribution in [0.25, 0.3) is 0 Å². The fourth-order valence-electron chi connectivity index (χ4n) is 2.41. The standard InChI is InChI=1S/C18H22N2O3S.Na.H/c1-12(2)16-9-15(24(21,22)23)10-17(13(3)4)18(16)20-11-14-7-5-6-8-19-14;;/h5-13H,1-4H3,(H,21,22,23);;. The molecule has 7 heteroatoms. The van der Waals surface area contributed by atoms with Crippen molar-refractivity contribution < 1.29 is 13.0 Å². The summed E-state index contributed by atoms with van der Waals surface area (Å²) in [6.07, 6.45) is 3.36. The van der Waals surface area contributed by atoms with Crippen LogP contribution in [0.2, 0.25) is 0 Å². The molecule has 1 aromatic heterocycles. The fourth-order valence-corrected chi connectivity index (χ4v) is 2.96. The molecule has 0 spiro atoms. The second-order valence-electron chi connectivity index (χ2n) is 6.25. The van der Waals surface area contributed by atoms with Crippen molar-refractivity contribution in [3.63, 3.8) is 0 Å². The van der Waals surface area contributed by atoms with E-state index in [1.807, 2.05) is 45.9 Å². The summed E-state index contributed by atoms with van der Waals surface area (Å²) in [7, 11) is -4.26. The average Bonchev–Trinajstić information content (AvgIpc) is 2.51. The summed E-state index contributed by atoms with van der Waals surface area (Å²) in [6.45, 7) is 7.86. The molecule has 2 aromatic rings. The van der Waals surface area contributed by atoms with Gasteiger partial charge >= 0.3 is 29.6 Å². The number of pyridine rings is 1. The minimum atomic E-state index is -4.26. The van der Waals surface area contributed by atoms with E-state index in [0.717, 1.165) is 22.5 Å². The molecule has 0 saturated heterocycles. The zero-order chi connectivity index (χ0) is 17.9. The molecule has 0 radical (unpaired) electrons.